The van der Waals surface area contributed by atoms with Crippen LogP contribution in [0.2, 0.25) is 0 Å². The highest BCUT2D eigenvalue weighted by atomic mass is 16.6. The monoisotopic (exact) mass is 533 g/mol. The van der Waals surface area contributed by atoms with Crippen LogP contribution in [0.1, 0.15) is 71.6 Å². The van der Waals surface area contributed by atoms with E-state index in [4.69, 9.17) is 9.47 Å². The normalized spacial score (nSPS) is 13.4. The fraction of sp³-hybridized carbons (Fsp3) is 0.571. The third-order valence-corrected chi connectivity index (χ3v) is 5.79. The first-order valence-corrected chi connectivity index (χ1v) is 12.9. The number of phenolic OH excluding ortho intramolecular Hbond substituents is 1. The van der Waals surface area contributed by atoms with Gasteiger partial charge in [-0.3, -0.25) is 14.4 Å². The predicted molar refractivity (Wildman–Crippen MR) is 144 cm³/mol. The van der Waals surface area contributed by atoms with Crippen LogP contribution in [0, 0.1) is 12.8 Å². The van der Waals surface area contributed by atoms with Crippen molar-refractivity contribution >= 4 is 23.9 Å². The molecule has 3 unspecified atom stereocenters. The molecule has 0 aliphatic rings. The molecule has 0 saturated heterocycles. The Labute approximate surface area is 225 Å². The molecular weight excluding hydrogens is 490 g/mol. The van der Waals surface area contributed by atoms with Gasteiger partial charge in [0.25, 0.3) is 0 Å². The summed E-state index contributed by atoms with van der Waals surface area (Å²) in [4.78, 5) is 53.2. The zero-order valence-electron chi connectivity index (χ0n) is 23.6. The standard InChI is InChI=1S/C28H43N3O7/c1-9-16-31(26(35)23(18(4)10-2)30-27(36)38-28(6,7)8)24(20-12-13-21(32)19(5)17-20)25(34)29-15-14-22(33)37-11-3/h9,12-13,17-18,23-24,32H,1,10-11,14-16H2,2-8H3,(H,29,34)(H,30,36). The molecule has 0 saturated carbocycles. The Morgan fingerprint density at radius 2 is 1.84 bits per heavy atom. The number of alkyl carbamates (subject to hydrolysis) is 1. The Morgan fingerprint density at radius 3 is 2.37 bits per heavy atom. The fourth-order valence-corrected chi connectivity index (χ4v) is 3.70. The molecule has 0 bridgehead atoms. The molecule has 10 heteroatoms. The second-order valence-corrected chi connectivity index (χ2v) is 10.1. The van der Waals surface area contributed by atoms with E-state index >= 15 is 0 Å². The third-order valence-electron chi connectivity index (χ3n) is 5.79. The summed E-state index contributed by atoms with van der Waals surface area (Å²) in [5.41, 5.74) is 0.200. The van der Waals surface area contributed by atoms with E-state index in [1.165, 1.54) is 17.0 Å². The van der Waals surface area contributed by atoms with Crippen LogP contribution in [-0.2, 0) is 23.9 Å². The van der Waals surface area contributed by atoms with Gasteiger partial charge in [-0.05, 0) is 63.8 Å². The number of esters is 1. The van der Waals surface area contributed by atoms with Crippen LogP contribution in [-0.4, -0.2) is 65.2 Å². The van der Waals surface area contributed by atoms with Crippen LogP contribution in [0.15, 0.2) is 30.9 Å². The number of hydrogen-bond acceptors (Lipinski definition) is 7. The number of carbonyl (C=O) groups is 4. The highest BCUT2D eigenvalue weighted by Gasteiger charge is 2.37. The Morgan fingerprint density at radius 1 is 1.18 bits per heavy atom. The number of carbonyl (C=O) groups excluding carboxylic acids is 4. The van der Waals surface area contributed by atoms with Gasteiger partial charge in [-0.1, -0.05) is 32.4 Å². The molecule has 0 fully saturated rings. The van der Waals surface area contributed by atoms with Gasteiger partial charge in [-0.25, -0.2) is 4.79 Å². The molecule has 0 heterocycles. The van der Waals surface area contributed by atoms with Crippen molar-refractivity contribution in [1.82, 2.24) is 15.5 Å². The van der Waals surface area contributed by atoms with Gasteiger partial charge in [0.05, 0.1) is 13.0 Å². The lowest BCUT2D eigenvalue weighted by Crippen LogP contribution is -2.55. The van der Waals surface area contributed by atoms with Gasteiger partial charge >= 0.3 is 12.1 Å². The van der Waals surface area contributed by atoms with E-state index in [-0.39, 0.29) is 37.8 Å². The molecule has 0 aliphatic heterocycles. The molecule has 212 valence electrons. The van der Waals surface area contributed by atoms with Crippen LogP contribution in [0.4, 0.5) is 4.79 Å². The van der Waals surface area contributed by atoms with E-state index in [0.29, 0.717) is 17.5 Å². The van der Waals surface area contributed by atoms with Gasteiger partial charge in [0.15, 0.2) is 0 Å². The maximum Gasteiger partial charge on any atom is 0.408 e. The lowest BCUT2D eigenvalue weighted by atomic mass is 9.95. The summed E-state index contributed by atoms with van der Waals surface area (Å²) in [7, 11) is 0. The predicted octanol–water partition coefficient (Wildman–Crippen LogP) is 3.77. The van der Waals surface area contributed by atoms with Crippen LogP contribution in [0.3, 0.4) is 0 Å². The van der Waals surface area contributed by atoms with Crippen LogP contribution >= 0.6 is 0 Å². The molecule has 1 aromatic rings. The number of ether oxygens (including phenoxy) is 2. The summed E-state index contributed by atoms with van der Waals surface area (Å²) < 4.78 is 10.3. The number of nitrogens with one attached hydrogen (secondary N) is 2. The Hall–Kier alpha value is -3.56. The van der Waals surface area contributed by atoms with Crippen LogP contribution in [0.25, 0.3) is 0 Å². The van der Waals surface area contributed by atoms with Gasteiger partial charge in [0, 0.05) is 13.1 Å². The topological polar surface area (TPSA) is 134 Å². The third kappa shape index (κ3) is 10.1. The Bertz CT molecular complexity index is 987. The molecular formula is C28H43N3O7. The number of aryl methyl sites for hydroxylation is 1. The number of aromatic hydroxyl groups is 1. The summed E-state index contributed by atoms with van der Waals surface area (Å²) in [6.07, 6.45) is 1.28. The van der Waals surface area contributed by atoms with Gasteiger partial charge in [0.2, 0.25) is 11.8 Å². The van der Waals surface area contributed by atoms with E-state index in [0.717, 1.165) is 0 Å². The number of benzene rings is 1. The molecule has 1 rings (SSSR count). The first-order valence-electron chi connectivity index (χ1n) is 12.9. The van der Waals surface area contributed by atoms with Crippen molar-refractivity contribution in [1.29, 1.82) is 0 Å². The molecule has 3 N–H and O–H groups in total. The lowest BCUT2D eigenvalue weighted by Gasteiger charge is -2.35. The summed E-state index contributed by atoms with van der Waals surface area (Å²) >= 11 is 0. The number of phenols is 1. The summed E-state index contributed by atoms with van der Waals surface area (Å²) in [5, 5.41) is 15.4. The number of hydrogen-bond donors (Lipinski definition) is 3. The molecule has 0 aromatic heterocycles. The van der Waals surface area contributed by atoms with Crippen molar-refractivity contribution in [3.63, 3.8) is 0 Å². The average Bonchev–Trinajstić information content (AvgIpc) is 2.82. The van der Waals surface area contributed by atoms with Gasteiger partial charge in [-0.15, -0.1) is 6.58 Å². The van der Waals surface area contributed by atoms with Crippen molar-refractivity contribution in [2.24, 2.45) is 5.92 Å². The highest BCUT2D eigenvalue weighted by Crippen LogP contribution is 2.28. The van der Waals surface area contributed by atoms with Crippen LogP contribution in [0.5, 0.6) is 5.75 Å². The zero-order chi connectivity index (χ0) is 29.0. The molecule has 0 spiro atoms. The molecule has 3 amide bonds. The van der Waals surface area contributed by atoms with Gasteiger partial charge < -0.3 is 30.1 Å². The number of amides is 3. The summed E-state index contributed by atoms with van der Waals surface area (Å²) in [5.74, 6) is -1.73. The highest BCUT2D eigenvalue weighted by molar-refractivity contribution is 5.92. The van der Waals surface area contributed by atoms with Crippen molar-refractivity contribution in [2.45, 2.75) is 79.0 Å². The largest absolute Gasteiger partial charge is 0.508 e. The minimum Gasteiger partial charge on any atom is -0.508 e. The number of rotatable bonds is 13. The Kier molecular flexibility index (Phi) is 12.8. The van der Waals surface area contributed by atoms with Crippen molar-refractivity contribution in [3.05, 3.63) is 42.0 Å². The van der Waals surface area contributed by atoms with E-state index in [1.54, 1.807) is 46.8 Å². The molecule has 38 heavy (non-hydrogen) atoms. The van der Waals surface area contributed by atoms with Crippen LogP contribution < -0.4 is 10.6 Å². The van der Waals surface area contributed by atoms with E-state index in [2.05, 4.69) is 17.2 Å². The molecule has 10 nitrogen and oxygen atoms in total. The molecule has 1 aromatic carbocycles. The van der Waals surface area contributed by atoms with E-state index in [9.17, 15) is 24.3 Å². The zero-order valence-corrected chi connectivity index (χ0v) is 23.6. The summed E-state index contributed by atoms with van der Waals surface area (Å²) in [6.45, 7) is 16.2. The van der Waals surface area contributed by atoms with E-state index in [1.807, 2.05) is 13.8 Å². The van der Waals surface area contributed by atoms with E-state index < -0.39 is 41.6 Å². The fourth-order valence-electron chi connectivity index (χ4n) is 3.70. The maximum absolute atomic E-state index is 14.0. The van der Waals surface area contributed by atoms with Crippen molar-refractivity contribution < 1.29 is 33.8 Å². The minimum atomic E-state index is -1.13. The smallest absolute Gasteiger partial charge is 0.408 e. The average molecular weight is 534 g/mol. The molecule has 0 radical (unpaired) electrons. The maximum atomic E-state index is 14.0. The van der Waals surface area contributed by atoms with Gasteiger partial charge in [0.1, 0.15) is 23.4 Å². The second-order valence-electron chi connectivity index (χ2n) is 10.1. The summed E-state index contributed by atoms with van der Waals surface area (Å²) in [6, 6.07) is 2.51. The second kappa shape index (κ2) is 15.0. The quantitative estimate of drug-likeness (QED) is 0.260. The Balaban J connectivity index is 3.44. The number of nitrogens with zero attached hydrogens (tertiary/aromatic N) is 1. The molecule has 3 atom stereocenters. The van der Waals surface area contributed by atoms with Crippen molar-refractivity contribution in [3.8, 4) is 5.75 Å². The van der Waals surface area contributed by atoms with Gasteiger partial charge in [-0.2, -0.15) is 0 Å². The van der Waals surface area contributed by atoms with Crippen molar-refractivity contribution in [2.75, 3.05) is 19.7 Å². The minimum absolute atomic E-state index is 0.00233. The first kappa shape index (κ1) is 32.5. The first-order chi connectivity index (χ1) is 17.7. The molecule has 0 aliphatic carbocycles. The SMILES string of the molecule is C=CCN(C(=O)C(NC(=O)OC(C)(C)C)C(C)CC)C(C(=O)NCCC(=O)OCC)c1ccc(O)c(C)c1. The lowest BCUT2D eigenvalue weighted by molar-refractivity contribution is -0.144.